The minimum Gasteiger partial charge on any atom is -0.464 e. The molecule has 2 bridgehead atoms. The first kappa shape index (κ1) is 12.0. The maximum atomic E-state index is 12.2. The van der Waals surface area contributed by atoms with Gasteiger partial charge in [0.25, 0.3) is 0 Å². The average Bonchev–Trinajstić information content (AvgIpc) is 2.86. The Labute approximate surface area is 117 Å². The van der Waals surface area contributed by atoms with E-state index in [1.807, 2.05) is 13.8 Å². The number of nitrogens with one attached hydrogen (secondary N) is 1. The van der Waals surface area contributed by atoms with E-state index in [1.165, 1.54) is 0 Å². The number of benzene rings is 1. The van der Waals surface area contributed by atoms with E-state index in [-0.39, 0.29) is 18.2 Å². The number of rotatable bonds is 0. The summed E-state index contributed by atoms with van der Waals surface area (Å²) in [5.41, 5.74) is 2.64. The topological polar surface area (TPSA) is 50.8 Å². The molecule has 2 fully saturated rings. The highest BCUT2D eigenvalue weighted by Gasteiger charge is 2.62. The second-order valence-electron chi connectivity index (χ2n) is 5.92. The molecule has 5 nitrogen and oxygen atoms in total. The number of amides is 2. The molecule has 1 aromatic rings. The number of urea groups is 1. The van der Waals surface area contributed by atoms with Crippen LogP contribution >= 0.6 is 0 Å². The number of carbonyl (C=O) groups is 1. The molecular formula is C15H18N2O3. The first-order valence-corrected chi connectivity index (χ1v) is 6.99. The van der Waals surface area contributed by atoms with E-state index in [2.05, 4.69) is 17.4 Å². The van der Waals surface area contributed by atoms with Gasteiger partial charge in [0.2, 0.25) is 5.72 Å². The lowest BCUT2D eigenvalue weighted by atomic mass is 9.83. The van der Waals surface area contributed by atoms with E-state index in [1.54, 1.807) is 11.9 Å². The van der Waals surface area contributed by atoms with Crippen molar-refractivity contribution in [2.45, 2.75) is 38.1 Å². The predicted octanol–water partition coefficient (Wildman–Crippen LogP) is 1.88. The Hall–Kier alpha value is -1.75. The van der Waals surface area contributed by atoms with Crippen molar-refractivity contribution in [3.8, 4) is 5.75 Å². The Kier molecular flexibility index (Phi) is 2.20. The molecular weight excluding hydrogens is 256 g/mol. The summed E-state index contributed by atoms with van der Waals surface area (Å²) in [5.74, 6) is 0.906. The number of likely N-dealkylation sites (N-methyl/N-ethyl adjacent to an activating group) is 1. The fourth-order valence-electron chi connectivity index (χ4n) is 3.70. The van der Waals surface area contributed by atoms with Gasteiger partial charge in [0, 0.05) is 19.0 Å². The van der Waals surface area contributed by atoms with Crippen molar-refractivity contribution in [2.24, 2.45) is 0 Å². The van der Waals surface area contributed by atoms with Crippen LogP contribution in [0.25, 0.3) is 0 Å². The number of fused-ring (bicyclic) bond motifs is 2. The van der Waals surface area contributed by atoms with Gasteiger partial charge in [-0.05, 0) is 25.0 Å². The van der Waals surface area contributed by atoms with E-state index in [9.17, 15) is 4.79 Å². The third kappa shape index (κ3) is 1.24. The van der Waals surface area contributed by atoms with Gasteiger partial charge in [0.05, 0.1) is 12.6 Å². The van der Waals surface area contributed by atoms with Crippen LogP contribution in [0.4, 0.5) is 4.79 Å². The Bertz CT molecular complexity index is 615. The van der Waals surface area contributed by atoms with Gasteiger partial charge in [-0.2, -0.15) is 0 Å². The number of aryl methyl sites for hydroxylation is 2. The van der Waals surface area contributed by atoms with Gasteiger partial charge in [-0.25, -0.2) is 4.79 Å². The molecule has 2 saturated heterocycles. The fourth-order valence-corrected chi connectivity index (χ4v) is 3.70. The lowest BCUT2D eigenvalue weighted by Crippen LogP contribution is -2.70. The van der Waals surface area contributed by atoms with Crippen LogP contribution in [0.3, 0.4) is 0 Å². The van der Waals surface area contributed by atoms with E-state index in [0.717, 1.165) is 22.4 Å². The smallest absolute Gasteiger partial charge is 0.320 e. The van der Waals surface area contributed by atoms with Gasteiger partial charge in [0.15, 0.2) is 0 Å². The third-order valence-electron chi connectivity index (χ3n) is 4.86. The Morgan fingerprint density at radius 3 is 2.90 bits per heavy atom. The molecule has 0 aromatic heterocycles. The molecule has 0 radical (unpaired) electrons. The Morgan fingerprint density at radius 2 is 2.10 bits per heavy atom. The molecule has 0 aliphatic carbocycles. The van der Waals surface area contributed by atoms with Crippen molar-refractivity contribution in [3.63, 3.8) is 0 Å². The normalized spacial score (nSPS) is 34.1. The molecule has 1 N–H and O–H groups in total. The summed E-state index contributed by atoms with van der Waals surface area (Å²) >= 11 is 0. The second kappa shape index (κ2) is 3.67. The summed E-state index contributed by atoms with van der Waals surface area (Å²) in [4.78, 5) is 13.9. The highest BCUT2D eigenvalue weighted by Crippen LogP contribution is 2.51. The van der Waals surface area contributed by atoms with Crippen molar-refractivity contribution in [2.75, 3.05) is 13.7 Å². The summed E-state index contributed by atoms with van der Waals surface area (Å²) in [7, 11) is 1.78. The minimum absolute atomic E-state index is 0.0942. The monoisotopic (exact) mass is 274 g/mol. The van der Waals surface area contributed by atoms with Gasteiger partial charge in [-0.15, -0.1) is 0 Å². The average molecular weight is 274 g/mol. The van der Waals surface area contributed by atoms with Crippen LogP contribution in [0.15, 0.2) is 12.1 Å². The summed E-state index contributed by atoms with van der Waals surface area (Å²) < 4.78 is 12.3. The molecule has 3 aliphatic rings. The first-order chi connectivity index (χ1) is 9.54. The van der Waals surface area contributed by atoms with Gasteiger partial charge in [-0.3, -0.25) is 4.90 Å². The number of carbonyl (C=O) groups excluding carboxylic acids is 1. The highest BCUT2D eigenvalue weighted by molar-refractivity contribution is 5.78. The lowest BCUT2D eigenvalue weighted by molar-refractivity contribution is -0.138. The third-order valence-corrected chi connectivity index (χ3v) is 4.86. The van der Waals surface area contributed by atoms with E-state index in [0.29, 0.717) is 13.0 Å². The van der Waals surface area contributed by atoms with Crippen molar-refractivity contribution in [1.29, 1.82) is 0 Å². The van der Waals surface area contributed by atoms with Crippen LogP contribution in [-0.4, -0.2) is 36.4 Å². The summed E-state index contributed by atoms with van der Waals surface area (Å²) in [6.07, 6.45) is 0.573. The van der Waals surface area contributed by atoms with Crippen LogP contribution in [0.1, 0.15) is 29.2 Å². The zero-order valence-electron chi connectivity index (χ0n) is 11.9. The quantitative estimate of drug-likeness (QED) is 0.786. The molecule has 3 unspecified atom stereocenters. The van der Waals surface area contributed by atoms with Crippen molar-refractivity contribution < 1.29 is 14.3 Å². The fraction of sp³-hybridized carbons (Fsp3) is 0.533. The molecule has 3 heterocycles. The standard InChI is InChI=1S/C15H18N2O3/c1-8-4-5-9(2)12-10(8)11-13-15(20-12,6-7-19-13)17(3)14(18)16-11/h4-5,11,13H,6-7H2,1-3H3,(H,16,18). The van der Waals surface area contributed by atoms with E-state index < -0.39 is 5.72 Å². The van der Waals surface area contributed by atoms with Crippen molar-refractivity contribution in [3.05, 3.63) is 28.8 Å². The maximum Gasteiger partial charge on any atom is 0.320 e. The van der Waals surface area contributed by atoms with Crippen molar-refractivity contribution >= 4 is 6.03 Å². The number of hydrogen-bond donors (Lipinski definition) is 1. The molecule has 3 atom stereocenters. The summed E-state index contributed by atoms with van der Waals surface area (Å²) in [5, 5.41) is 3.07. The molecule has 0 spiro atoms. The molecule has 20 heavy (non-hydrogen) atoms. The van der Waals surface area contributed by atoms with Crippen LogP contribution in [0, 0.1) is 13.8 Å². The number of hydrogen-bond acceptors (Lipinski definition) is 3. The predicted molar refractivity (Wildman–Crippen MR) is 72.7 cm³/mol. The summed E-state index contributed by atoms with van der Waals surface area (Å²) in [6, 6.07) is 3.93. The first-order valence-electron chi connectivity index (χ1n) is 6.99. The zero-order valence-corrected chi connectivity index (χ0v) is 11.9. The second-order valence-corrected chi connectivity index (χ2v) is 5.92. The molecule has 4 rings (SSSR count). The van der Waals surface area contributed by atoms with Gasteiger partial charge in [-0.1, -0.05) is 12.1 Å². The number of nitrogens with zero attached hydrogens (tertiary/aromatic N) is 1. The SMILES string of the molecule is Cc1ccc(C)c2c1OC13CCOC1C2NC(=O)N3C. The van der Waals surface area contributed by atoms with Gasteiger partial charge < -0.3 is 14.8 Å². The molecule has 5 heteroatoms. The largest absolute Gasteiger partial charge is 0.464 e. The van der Waals surface area contributed by atoms with Crippen LogP contribution < -0.4 is 10.1 Å². The Balaban J connectivity index is 1.98. The number of ether oxygens (including phenoxy) is 2. The van der Waals surface area contributed by atoms with Crippen LogP contribution in [0.2, 0.25) is 0 Å². The molecule has 2 amide bonds. The maximum absolute atomic E-state index is 12.2. The van der Waals surface area contributed by atoms with E-state index >= 15 is 0 Å². The minimum atomic E-state index is -0.654. The lowest BCUT2D eigenvalue weighted by Gasteiger charge is -2.52. The molecule has 106 valence electrons. The van der Waals surface area contributed by atoms with E-state index in [4.69, 9.17) is 9.47 Å². The Morgan fingerprint density at radius 1 is 1.35 bits per heavy atom. The van der Waals surface area contributed by atoms with Gasteiger partial charge in [0.1, 0.15) is 11.9 Å². The van der Waals surface area contributed by atoms with Crippen LogP contribution in [0.5, 0.6) is 5.75 Å². The van der Waals surface area contributed by atoms with Crippen molar-refractivity contribution in [1.82, 2.24) is 10.2 Å². The highest BCUT2D eigenvalue weighted by atomic mass is 16.6. The molecule has 3 aliphatic heterocycles. The zero-order chi connectivity index (χ0) is 14.1. The summed E-state index contributed by atoms with van der Waals surface area (Å²) in [6.45, 7) is 4.71. The molecule has 0 saturated carbocycles. The van der Waals surface area contributed by atoms with Gasteiger partial charge >= 0.3 is 6.03 Å². The van der Waals surface area contributed by atoms with Crippen LogP contribution in [-0.2, 0) is 4.74 Å². The molecule has 1 aromatic carbocycles.